The number of phenolic OH excluding ortho intramolecular Hbond substituents is 1. The predicted molar refractivity (Wildman–Crippen MR) is 52.8 cm³/mol. The highest BCUT2D eigenvalue weighted by molar-refractivity contribution is 6.33. The van der Waals surface area contributed by atoms with E-state index in [9.17, 15) is 9.90 Å². The molecule has 0 radical (unpaired) electrons. The van der Waals surface area contributed by atoms with Crippen LogP contribution in [-0.2, 0) is 4.79 Å². The van der Waals surface area contributed by atoms with Crippen LogP contribution in [0.5, 0.6) is 5.75 Å². The van der Waals surface area contributed by atoms with Gasteiger partial charge >= 0.3 is 0 Å². The Morgan fingerprint density at radius 2 is 2.23 bits per heavy atom. The summed E-state index contributed by atoms with van der Waals surface area (Å²) in [5.41, 5.74) is 0.636. The molecule has 1 aromatic carbocycles. The summed E-state index contributed by atoms with van der Waals surface area (Å²) in [4.78, 5) is 10.6. The van der Waals surface area contributed by atoms with E-state index in [0.717, 1.165) is 0 Å². The quantitative estimate of drug-likeness (QED) is 0.739. The number of phenols is 1. The minimum Gasteiger partial charge on any atom is -0.506 e. The van der Waals surface area contributed by atoms with Gasteiger partial charge < -0.3 is 5.11 Å². The van der Waals surface area contributed by atoms with E-state index in [2.05, 4.69) is 0 Å². The van der Waals surface area contributed by atoms with Crippen LogP contribution in [0.1, 0.15) is 12.5 Å². The molecule has 1 aromatic rings. The van der Waals surface area contributed by atoms with E-state index < -0.39 is 0 Å². The van der Waals surface area contributed by atoms with Crippen LogP contribution in [0.25, 0.3) is 6.08 Å². The normalized spacial score (nSPS) is 10.6. The average molecular weight is 197 g/mol. The second-order valence-corrected chi connectivity index (χ2v) is 3.00. The topological polar surface area (TPSA) is 37.3 Å². The molecule has 3 heteroatoms. The molecular weight excluding hydrogens is 188 g/mol. The summed E-state index contributed by atoms with van der Waals surface area (Å²) in [6.07, 6.45) is 2.98. The number of carbonyl (C=O) groups is 1. The highest BCUT2D eigenvalue weighted by atomic mass is 35.5. The summed E-state index contributed by atoms with van der Waals surface area (Å²) in [6, 6.07) is 4.88. The third-order valence-electron chi connectivity index (χ3n) is 1.51. The zero-order chi connectivity index (χ0) is 9.84. The summed E-state index contributed by atoms with van der Waals surface area (Å²) in [7, 11) is 0. The van der Waals surface area contributed by atoms with Crippen LogP contribution in [0.3, 0.4) is 0 Å². The van der Waals surface area contributed by atoms with Gasteiger partial charge in [0.25, 0.3) is 0 Å². The first kappa shape index (κ1) is 9.81. The molecule has 13 heavy (non-hydrogen) atoms. The molecule has 0 unspecified atom stereocenters. The molecule has 1 rings (SSSR count). The van der Waals surface area contributed by atoms with Crippen LogP contribution < -0.4 is 0 Å². The van der Waals surface area contributed by atoms with E-state index in [-0.39, 0.29) is 16.6 Å². The number of carbonyl (C=O) groups excluding carboxylic acids is 1. The number of allylic oxidation sites excluding steroid dienone is 1. The van der Waals surface area contributed by atoms with Gasteiger partial charge in [-0.05, 0) is 30.7 Å². The Bertz CT molecular complexity index is 356. The second-order valence-electron chi connectivity index (χ2n) is 2.62. The third-order valence-corrected chi connectivity index (χ3v) is 1.92. The standard InChI is InChI=1S/C10H9ClO2/c1-7(12)5-6-8-3-2-4-9(13)10(8)11/h2-6,13H,1H3. The number of hydrogen-bond acceptors (Lipinski definition) is 2. The van der Waals surface area contributed by atoms with Crippen LogP contribution in [0.4, 0.5) is 0 Å². The number of hydrogen-bond donors (Lipinski definition) is 1. The van der Waals surface area contributed by atoms with Crippen molar-refractivity contribution in [3.8, 4) is 5.75 Å². The van der Waals surface area contributed by atoms with Crippen LogP contribution in [0, 0.1) is 0 Å². The lowest BCUT2D eigenvalue weighted by Crippen LogP contribution is -1.81. The predicted octanol–water partition coefficient (Wildman–Crippen LogP) is 2.65. The highest BCUT2D eigenvalue weighted by Gasteiger charge is 2.00. The molecule has 0 spiro atoms. The summed E-state index contributed by atoms with van der Waals surface area (Å²) in [5.74, 6) is -0.0354. The number of aromatic hydroxyl groups is 1. The van der Waals surface area contributed by atoms with Crippen molar-refractivity contribution in [3.63, 3.8) is 0 Å². The molecule has 0 saturated heterocycles. The number of ketones is 1. The van der Waals surface area contributed by atoms with Crippen molar-refractivity contribution in [3.05, 3.63) is 34.9 Å². The molecule has 0 fully saturated rings. The van der Waals surface area contributed by atoms with E-state index in [1.54, 1.807) is 18.2 Å². The molecule has 0 amide bonds. The lowest BCUT2D eigenvalue weighted by Gasteiger charge is -1.99. The maximum atomic E-state index is 10.6. The number of halogens is 1. The molecule has 1 N–H and O–H groups in total. The Morgan fingerprint density at radius 3 is 2.85 bits per heavy atom. The van der Waals surface area contributed by atoms with Crippen molar-refractivity contribution in [2.24, 2.45) is 0 Å². The summed E-state index contributed by atoms with van der Waals surface area (Å²) < 4.78 is 0. The van der Waals surface area contributed by atoms with Gasteiger partial charge in [0, 0.05) is 0 Å². The van der Waals surface area contributed by atoms with Crippen molar-refractivity contribution in [1.29, 1.82) is 0 Å². The van der Waals surface area contributed by atoms with E-state index in [1.807, 2.05) is 0 Å². The minimum atomic E-state index is -0.0561. The molecule has 2 nitrogen and oxygen atoms in total. The number of rotatable bonds is 2. The molecule has 0 aliphatic carbocycles. The molecule has 0 heterocycles. The largest absolute Gasteiger partial charge is 0.506 e. The monoisotopic (exact) mass is 196 g/mol. The SMILES string of the molecule is CC(=O)C=Cc1cccc(O)c1Cl. The number of benzene rings is 1. The molecule has 68 valence electrons. The van der Waals surface area contributed by atoms with Gasteiger partial charge in [-0.2, -0.15) is 0 Å². The van der Waals surface area contributed by atoms with Crippen LogP contribution in [0.2, 0.25) is 5.02 Å². The van der Waals surface area contributed by atoms with Gasteiger partial charge in [0.1, 0.15) is 5.75 Å². The Labute approximate surface area is 81.5 Å². The van der Waals surface area contributed by atoms with Crippen LogP contribution in [0.15, 0.2) is 24.3 Å². The Morgan fingerprint density at radius 1 is 1.54 bits per heavy atom. The third kappa shape index (κ3) is 2.60. The maximum absolute atomic E-state index is 10.6. The molecule has 0 saturated carbocycles. The Balaban J connectivity index is 3.02. The molecule has 0 aliphatic heterocycles. The van der Waals surface area contributed by atoms with E-state index in [1.165, 1.54) is 19.1 Å². The van der Waals surface area contributed by atoms with Crippen molar-refractivity contribution >= 4 is 23.5 Å². The van der Waals surface area contributed by atoms with Gasteiger partial charge in [-0.1, -0.05) is 23.7 Å². The molecule has 0 bridgehead atoms. The van der Waals surface area contributed by atoms with Crippen LogP contribution >= 0.6 is 11.6 Å². The fraction of sp³-hybridized carbons (Fsp3) is 0.100. The summed E-state index contributed by atoms with van der Waals surface area (Å²) >= 11 is 5.76. The summed E-state index contributed by atoms with van der Waals surface area (Å²) in [6.45, 7) is 1.45. The zero-order valence-electron chi connectivity index (χ0n) is 7.12. The first-order valence-electron chi connectivity index (χ1n) is 3.77. The van der Waals surface area contributed by atoms with Gasteiger partial charge in [0.05, 0.1) is 5.02 Å². The zero-order valence-corrected chi connectivity index (χ0v) is 7.88. The van der Waals surface area contributed by atoms with Gasteiger partial charge in [0.15, 0.2) is 5.78 Å². The second kappa shape index (κ2) is 4.10. The molecule has 0 aliphatic rings. The van der Waals surface area contributed by atoms with Crippen molar-refractivity contribution in [1.82, 2.24) is 0 Å². The average Bonchev–Trinajstić information content (AvgIpc) is 2.07. The Kier molecular flexibility index (Phi) is 3.09. The van der Waals surface area contributed by atoms with Gasteiger partial charge in [-0.15, -0.1) is 0 Å². The molecule has 0 atom stereocenters. The van der Waals surface area contributed by atoms with E-state index >= 15 is 0 Å². The van der Waals surface area contributed by atoms with E-state index in [0.29, 0.717) is 5.56 Å². The van der Waals surface area contributed by atoms with Gasteiger partial charge in [0.2, 0.25) is 0 Å². The van der Waals surface area contributed by atoms with Crippen molar-refractivity contribution in [2.45, 2.75) is 6.92 Å². The van der Waals surface area contributed by atoms with Crippen molar-refractivity contribution < 1.29 is 9.90 Å². The first-order chi connectivity index (χ1) is 6.11. The lowest BCUT2D eigenvalue weighted by atomic mass is 10.2. The van der Waals surface area contributed by atoms with Crippen molar-refractivity contribution in [2.75, 3.05) is 0 Å². The van der Waals surface area contributed by atoms with E-state index in [4.69, 9.17) is 11.6 Å². The summed E-state index contributed by atoms with van der Waals surface area (Å²) in [5, 5.41) is 9.48. The Hall–Kier alpha value is -1.28. The molecule has 0 aromatic heterocycles. The lowest BCUT2D eigenvalue weighted by molar-refractivity contribution is -0.112. The first-order valence-corrected chi connectivity index (χ1v) is 4.15. The smallest absolute Gasteiger partial charge is 0.152 e. The highest BCUT2D eigenvalue weighted by Crippen LogP contribution is 2.27. The van der Waals surface area contributed by atoms with Gasteiger partial charge in [-0.25, -0.2) is 0 Å². The fourth-order valence-corrected chi connectivity index (χ4v) is 1.06. The van der Waals surface area contributed by atoms with Crippen LogP contribution in [-0.4, -0.2) is 10.9 Å². The minimum absolute atomic E-state index is 0.0207. The van der Waals surface area contributed by atoms with Gasteiger partial charge in [-0.3, -0.25) is 4.79 Å². The maximum Gasteiger partial charge on any atom is 0.152 e. The molecular formula is C10H9ClO2. The fourth-order valence-electron chi connectivity index (χ4n) is 0.873.